The van der Waals surface area contributed by atoms with E-state index in [1.54, 1.807) is 18.2 Å². The van der Waals surface area contributed by atoms with E-state index in [0.717, 1.165) is 25.7 Å². The van der Waals surface area contributed by atoms with Gasteiger partial charge in [-0.25, -0.2) is 0 Å². The first kappa shape index (κ1) is 11.0. The molecule has 17 heavy (non-hydrogen) atoms. The van der Waals surface area contributed by atoms with Crippen LogP contribution in [-0.4, -0.2) is 11.6 Å². The topological polar surface area (TPSA) is 34.1 Å². The van der Waals surface area contributed by atoms with Crippen molar-refractivity contribution < 1.29 is 9.59 Å². The molecule has 1 fully saturated rings. The van der Waals surface area contributed by atoms with Crippen molar-refractivity contribution in [1.29, 1.82) is 0 Å². The number of fused-ring (bicyclic) bond motifs is 2. The molecule has 0 N–H and O–H groups in total. The zero-order chi connectivity index (χ0) is 12.0. The molecule has 0 heterocycles. The van der Waals surface area contributed by atoms with Crippen molar-refractivity contribution in [3.63, 3.8) is 0 Å². The molecule has 0 bridgehead atoms. The molecule has 2 unspecified atom stereocenters. The van der Waals surface area contributed by atoms with Crippen LogP contribution in [0.5, 0.6) is 0 Å². The van der Waals surface area contributed by atoms with Gasteiger partial charge in [0.05, 0.1) is 0 Å². The molecule has 2 aliphatic rings. The van der Waals surface area contributed by atoms with Crippen LogP contribution in [0.25, 0.3) is 0 Å². The number of ketones is 2. The zero-order valence-electron chi connectivity index (χ0n) is 9.41. The molecule has 1 aromatic rings. The molecule has 0 spiro atoms. The Morgan fingerprint density at radius 2 is 1.53 bits per heavy atom. The van der Waals surface area contributed by atoms with Gasteiger partial charge in [-0.2, -0.15) is 0 Å². The predicted octanol–water partition coefficient (Wildman–Crippen LogP) is 3.53. The van der Waals surface area contributed by atoms with Crippen molar-refractivity contribution >= 4 is 23.2 Å². The lowest BCUT2D eigenvalue weighted by Gasteiger charge is -2.34. The Balaban J connectivity index is 2.13. The molecule has 3 heteroatoms. The SMILES string of the molecule is O=C1c2ccc(Cl)cc2C(=O)C2CCCCC12. The highest BCUT2D eigenvalue weighted by atomic mass is 35.5. The van der Waals surface area contributed by atoms with E-state index in [1.165, 1.54) is 0 Å². The Morgan fingerprint density at radius 3 is 2.18 bits per heavy atom. The predicted molar refractivity (Wildman–Crippen MR) is 65.6 cm³/mol. The highest BCUT2D eigenvalue weighted by Crippen LogP contribution is 2.40. The Kier molecular flexibility index (Phi) is 2.55. The number of rotatable bonds is 0. The van der Waals surface area contributed by atoms with Gasteiger partial charge >= 0.3 is 0 Å². The van der Waals surface area contributed by atoms with Crippen molar-refractivity contribution in [1.82, 2.24) is 0 Å². The minimum absolute atomic E-state index is 0.0788. The summed E-state index contributed by atoms with van der Waals surface area (Å²) in [5.41, 5.74) is 1.10. The minimum Gasteiger partial charge on any atom is -0.294 e. The monoisotopic (exact) mass is 248 g/mol. The molecule has 2 aliphatic carbocycles. The average molecular weight is 249 g/mol. The maximum atomic E-state index is 12.3. The van der Waals surface area contributed by atoms with E-state index in [2.05, 4.69) is 0 Å². The molecular formula is C14H13ClO2. The van der Waals surface area contributed by atoms with Crippen LogP contribution in [0.15, 0.2) is 18.2 Å². The van der Waals surface area contributed by atoms with Gasteiger partial charge in [-0.3, -0.25) is 9.59 Å². The van der Waals surface area contributed by atoms with Crippen LogP contribution in [0.3, 0.4) is 0 Å². The van der Waals surface area contributed by atoms with E-state index in [-0.39, 0.29) is 23.4 Å². The number of hydrogen-bond donors (Lipinski definition) is 0. The lowest BCUT2D eigenvalue weighted by atomic mass is 9.67. The summed E-state index contributed by atoms with van der Waals surface area (Å²) in [5.74, 6) is 0.0832. The van der Waals surface area contributed by atoms with Crippen LogP contribution in [0.4, 0.5) is 0 Å². The lowest BCUT2D eigenvalue weighted by molar-refractivity contribution is 0.0677. The normalized spacial score (nSPS) is 27.6. The number of carbonyl (C=O) groups excluding carboxylic acids is 2. The minimum atomic E-state index is -0.0952. The molecule has 0 amide bonds. The number of carbonyl (C=O) groups is 2. The van der Waals surface area contributed by atoms with E-state index in [0.29, 0.717) is 16.1 Å². The van der Waals surface area contributed by atoms with Crippen molar-refractivity contribution in [2.24, 2.45) is 11.8 Å². The van der Waals surface area contributed by atoms with Crippen molar-refractivity contribution in [2.75, 3.05) is 0 Å². The summed E-state index contributed by atoms with van der Waals surface area (Å²) in [6, 6.07) is 5.03. The van der Waals surface area contributed by atoms with E-state index in [4.69, 9.17) is 11.6 Å². The third-order valence-corrected chi connectivity index (χ3v) is 4.19. The molecule has 0 saturated heterocycles. The van der Waals surface area contributed by atoms with E-state index in [1.807, 2.05) is 0 Å². The fraction of sp³-hybridized carbons (Fsp3) is 0.429. The first-order chi connectivity index (χ1) is 8.18. The maximum absolute atomic E-state index is 12.3. The summed E-state index contributed by atoms with van der Waals surface area (Å²) in [6.07, 6.45) is 3.82. The Hall–Kier alpha value is -1.15. The van der Waals surface area contributed by atoms with E-state index in [9.17, 15) is 9.59 Å². The highest BCUT2D eigenvalue weighted by molar-refractivity contribution is 6.31. The van der Waals surface area contributed by atoms with Crippen LogP contribution in [0.1, 0.15) is 46.4 Å². The second-order valence-corrected chi connectivity index (χ2v) is 5.35. The van der Waals surface area contributed by atoms with Crippen LogP contribution in [0, 0.1) is 11.8 Å². The highest BCUT2D eigenvalue weighted by Gasteiger charge is 2.42. The number of Topliss-reactive ketones (excluding diaryl/α,β-unsaturated/α-hetero) is 2. The first-order valence-corrected chi connectivity index (χ1v) is 6.44. The molecule has 0 radical (unpaired) electrons. The average Bonchev–Trinajstić information content (AvgIpc) is 2.36. The quantitative estimate of drug-likeness (QED) is 0.704. The van der Waals surface area contributed by atoms with Gasteiger partial charge in [0.25, 0.3) is 0 Å². The van der Waals surface area contributed by atoms with Gasteiger partial charge < -0.3 is 0 Å². The van der Waals surface area contributed by atoms with Gasteiger partial charge in [-0.1, -0.05) is 24.4 Å². The van der Waals surface area contributed by atoms with Gasteiger partial charge in [0, 0.05) is 28.0 Å². The fourth-order valence-corrected chi connectivity index (χ4v) is 3.27. The first-order valence-electron chi connectivity index (χ1n) is 6.06. The van der Waals surface area contributed by atoms with Gasteiger partial charge in [0.1, 0.15) is 0 Å². The lowest BCUT2D eigenvalue weighted by Crippen LogP contribution is -2.38. The molecule has 1 aromatic carbocycles. The molecule has 0 aliphatic heterocycles. The summed E-state index contributed by atoms with van der Waals surface area (Å²) < 4.78 is 0. The van der Waals surface area contributed by atoms with Gasteiger partial charge in [-0.15, -0.1) is 0 Å². The summed E-state index contributed by atoms with van der Waals surface area (Å²) in [4.78, 5) is 24.7. The third-order valence-electron chi connectivity index (χ3n) is 3.95. The van der Waals surface area contributed by atoms with Gasteiger partial charge in [-0.05, 0) is 31.0 Å². The molecule has 1 saturated carbocycles. The van der Waals surface area contributed by atoms with Crippen molar-refractivity contribution in [2.45, 2.75) is 25.7 Å². The largest absolute Gasteiger partial charge is 0.294 e. The van der Waals surface area contributed by atoms with Crippen LogP contribution in [0.2, 0.25) is 5.02 Å². The molecule has 2 nitrogen and oxygen atoms in total. The Labute approximate surface area is 105 Å². The second kappa shape index (κ2) is 3.95. The number of hydrogen-bond acceptors (Lipinski definition) is 2. The third kappa shape index (κ3) is 1.62. The summed E-state index contributed by atoms with van der Waals surface area (Å²) >= 11 is 5.90. The standard InChI is InChI=1S/C14H13ClO2/c15-8-5-6-11-12(7-8)14(17)10-4-2-1-3-9(10)13(11)16/h5-7,9-10H,1-4H2. The van der Waals surface area contributed by atoms with Gasteiger partial charge in [0.15, 0.2) is 11.6 Å². The Morgan fingerprint density at radius 1 is 0.941 bits per heavy atom. The van der Waals surface area contributed by atoms with E-state index >= 15 is 0 Å². The molecule has 88 valence electrons. The molecule has 0 aromatic heterocycles. The van der Waals surface area contributed by atoms with Crippen molar-refractivity contribution in [3.05, 3.63) is 34.3 Å². The zero-order valence-corrected chi connectivity index (χ0v) is 10.2. The summed E-state index contributed by atoms with van der Waals surface area (Å²) in [7, 11) is 0. The summed E-state index contributed by atoms with van der Waals surface area (Å²) in [6.45, 7) is 0. The van der Waals surface area contributed by atoms with Gasteiger partial charge in [0.2, 0.25) is 0 Å². The fourth-order valence-electron chi connectivity index (χ4n) is 3.09. The maximum Gasteiger partial charge on any atom is 0.167 e. The smallest absolute Gasteiger partial charge is 0.167 e. The van der Waals surface area contributed by atoms with Crippen molar-refractivity contribution in [3.8, 4) is 0 Å². The number of halogens is 1. The Bertz CT molecular complexity index is 507. The molecule has 3 rings (SSSR count). The summed E-state index contributed by atoms with van der Waals surface area (Å²) in [5, 5.41) is 0.527. The van der Waals surface area contributed by atoms with E-state index < -0.39 is 0 Å². The van der Waals surface area contributed by atoms with Crippen LogP contribution in [-0.2, 0) is 0 Å². The second-order valence-electron chi connectivity index (χ2n) is 4.92. The molecule has 2 atom stereocenters. The number of benzene rings is 1. The molecular weight excluding hydrogens is 236 g/mol. The van der Waals surface area contributed by atoms with Crippen LogP contribution >= 0.6 is 11.6 Å². The van der Waals surface area contributed by atoms with Crippen LogP contribution < -0.4 is 0 Å².